The Morgan fingerprint density at radius 1 is 1.33 bits per heavy atom. The quantitative estimate of drug-likeness (QED) is 0.907. The van der Waals surface area contributed by atoms with Crippen LogP contribution in [0.5, 0.6) is 0 Å². The minimum absolute atomic E-state index is 0.476. The lowest BCUT2D eigenvalue weighted by molar-refractivity contribution is 0.0558. The summed E-state index contributed by atoms with van der Waals surface area (Å²) in [5, 5.41) is 5.04. The smallest absolute Gasteiger partial charge is 0.0469 e. The van der Waals surface area contributed by atoms with Gasteiger partial charge in [0, 0.05) is 35.8 Å². The molecule has 18 heavy (non-hydrogen) atoms. The number of ether oxygens (including phenoxy) is 1. The first-order chi connectivity index (χ1) is 8.66. The number of rotatable bonds is 4. The molecule has 1 saturated heterocycles. The summed E-state index contributed by atoms with van der Waals surface area (Å²) in [4.78, 5) is 0. The minimum atomic E-state index is 0.476. The Labute approximate surface area is 119 Å². The van der Waals surface area contributed by atoms with Crippen LogP contribution in [0.3, 0.4) is 0 Å². The summed E-state index contributed by atoms with van der Waals surface area (Å²) in [6.07, 6.45) is 2.27. The van der Waals surface area contributed by atoms with Crippen LogP contribution in [-0.2, 0) is 11.3 Å². The molecule has 100 valence electrons. The van der Waals surface area contributed by atoms with Crippen molar-refractivity contribution in [3.8, 4) is 0 Å². The highest BCUT2D eigenvalue weighted by atomic mass is 35.5. The van der Waals surface area contributed by atoms with Crippen molar-refractivity contribution in [3.63, 3.8) is 0 Å². The van der Waals surface area contributed by atoms with Crippen LogP contribution in [0.1, 0.15) is 25.3 Å². The molecule has 1 N–H and O–H groups in total. The molecule has 4 heteroatoms. The fourth-order valence-electron chi connectivity index (χ4n) is 2.33. The standard InChI is InChI=1S/C14H19Cl2NO/c1-10(11-4-6-18-7-5-11)17-9-12-8-13(15)2-3-14(12)16/h2-3,8,10-11,17H,4-7,9H2,1H3. The molecule has 1 aromatic rings. The van der Waals surface area contributed by atoms with E-state index in [2.05, 4.69) is 12.2 Å². The third-order valence-corrected chi connectivity index (χ3v) is 4.20. The summed E-state index contributed by atoms with van der Waals surface area (Å²) in [5.74, 6) is 0.691. The van der Waals surface area contributed by atoms with Gasteiger partial charge in [-0.15, -0.1) is 0 Å². The maximum atomic E-state index is 6.15. The van der Waals surface area contributed by atoms with Gasteiger partial charge in [0.2, 0.25) is 0 Å². The Hall–Kier alpha value is -0.280. The lowest BCUT2D eigenvalue weighted by Crippen LogP contribution is -2.36. The molecule has 0 spiro atoms. The first-order valence-corrected chi connectivity index (χ1v) is 7.17. The fraction of sp³-hybridized carbons (Fsp3) is 0.571. The summed E-state index contributed by atoms with van der Waals surface area (Å²) in [5.41, 5.74) is 1.06. The van der Waals surface area contributed by atoms with E-state index < -0.39 is 0 Å². The molecular formula is C14H19Cl2NO. The second-order valence-electron chi connectivity index (χ2n) is 4.86. The zero-order chi connectivity index (χ0) is 13.0. The van der Waals surface area contributed by atoms with Gasteiger partial charge in [-0.3, -0.25) is 0 Å². The molecule has 1 unspecified atom stereocenters. The summed E-state index contributed by atoms with van der Waals surface area (Å²) in [6.45, 7) is 4.76. The molecule has 2 nitrogen and oxygen atoms in total. The van der Waals surface area contributed by atoms with Gasteiger partial charge in [0.1, 0.15) is 0 Å². The third kappa shape index (κ3) is 3.86. The van der Waals surface area contributed by atoms with Crippen molar-refractivity contribution in [1.82, 2.24) is 5.32 Å². The van der Waals surface area contributed by atoms with Crippen molar-refractivity contribution in [3.05, 3.63) is 33.8 Å². The van der Waals surface area contributed by atoms with E-state index in [4.69, 9.17) is 27.9 Å². The Balaban J connectivity index is 1.88. The highest BCUT2D eigenvalue weighted by Crippen LogP contribution is 2.22. The molecule has 0 radical (unpaired) electrons. The van der Waals surface area contributed by atoms with Gasteiger partial charge in [-0.2, -0.15) is 0 Å². The third-order valence-electron chi connectivity index (χ3n) is 3.60. The summed E-state index contributed by atoms with van der Waals surface area (Å²) < 4.78 is 5.38. The lowest BCUT2D eigenvalue weighted by Gasteiger charge is -2.28. The molecule has 2 rings (SSSR count). The van der Waals surface area contributed by atoms with E-state index in [1.807, 2.05) is 18.2 Å². The van der Waals surface area contributed by atoms with Crippen molar-refractivity contribution in [2.45, 2.75) is 32.4 Å². The van der Waals surface area contributed by atoms with E-state index in [1.54, 1.807) is 0 Å². The van der Waals surface area contributed by atoms with Gasteiger partial charge in [0.05, 0.1) is 0 Å². The van der Waals surface area contributed by atoms with Crippen LogP contribution in [0, 0.1) is 5.92 Å². The van der Waals surface area contributed by atoms with E-state index in [0.717, 1.165) is 48.2 Å². The number of hydrogen-bond acceptors (Lipinski definition) is 2. The molecule has 0 amide bonds. The lowest BCUT2D eigenvalue weighted by atomic mass is 9.93. The first kappa shape index (κ1) is 14.1. The van der Waals surface area contributed by atoms with Crippen LogP contribution >= 0.6 is 23.2 Å². The maximum Gasteiger partial charge on any atom is 0.0469 e. The zero-order valence-corrected chi connectivity index (χ0v) is 12.1. The second-order valence-corrected chi connectivity index (χ2v) is 5.70. The molecule has 0 bridgehead atoms. The second kappa shape index (κ2) is 6.76. The minimum Gasteiger partial charge on any atom is -0.381 e. The molecule has 1 aliphatic heterocycles. The van der Waals surface area contributed by atoms with E-state index in [0.29, 0.717) is 12.0 Å². The Kier molecular flexibility index (Phi) is 5.31. The van der Waals surface area contributed by atoms with Crippen LogP contribution in [0.2, 0.25) is 10.0 Å². The maximum absolute atomic E-state index is 6.15. The van der Waals surface area contributed by atoms with Gasteiger partial charge < -0.3 is 10.1 Å². The molecule has 0 aliphatic carbocycles. The fourth-order valence-corrected chi connectivity index (χ4v) is 2.71. The molecule has 1 aliphatic rings. The SMILES string of the molecule is CC(NCc1cc(Cl)ccc1Cl)C1CCOCC1. The van der Waals surface area contributed by atoms with Crippen LogP contribution in [0.4, 0.5) is 0 Å². The normalized spacial score (nSPS) is 18.8. The molecule has 1 heterocycles. The highest BCUT2D eigenvalue weighted by molar-refractivity contribution is 6.33. The number of hydrogen-bond donors (Lipinski definition) is 1. The van der Waals surface area contributed by atoms with Crippen LogP contribution in [0.25, 0.3) is 0 Å². The van der Waals surface area contributed by atoms with Gasteiger partial charge >= 0.3 is 0 Å². The van der Waals surface area contributed by atoms with Crippen LogP contribution < -0.4 is 5.32 Å². The van der Waals surface area contributed by atoms with Gasteiger partial charge in [0.25, 0.3) is 0 Å². The van der Waals surface area contributed by atoms with Crippen molar-refractivity contribution in [1.29, 1.82) is 0 Å². The molecule has 1 aromatic carbocycles. The summed E-state index contributed by atoms with van der Waals surface area (Å²) in [7, 11) is 0. The largest absolute Gasteiger partial charge is 0.381 e. The number of halogens is 2. The van der Waals surface area contributed by atoms with Gasteiger partial charge in [-0.1, -0.05) is 23.2 Å². The van der Waals surface area contributed by atoms with Gasteiger partial charge in [-0.25, -0.2) is 0 Å². The molecule has 1 atom stereocenters. The predicted octanol–water partition coefficient (Wildman–Crippen LogP) is 3.90. The summed E-state index contributed by atoms with van der Waals surface area (Å²) in [6, 6.07) is 6.06. The van der Waals surface area contributed by atoms with E-state index >= 15 is 0 Å². The van der Waals surface area contributed by atoms with Crippen molar-refractivity contribution in [2.75, 3.05) is 13.2 Å². The van der Waals surface area contributed by atoms with Gasteiger partial charge in [-0.05, 0) is 49.4 Å². The van der Waals surface area contributed by atoms with Crippen molar-refractivity contribution < 1.29 is 4.74 Å². The zero-order valence-electron chi connectivity index (χ0n) is 10.6. The average molecular weight is 288 g/mol. The Morgan fingerprint density at radius 3 is 2.78 bits per heavy atom. The van der Waals surface area contributed by atoms with Crippen molar-refractivity contribution in [2.24, 2.45) is 5.92 Å². The van der Waals surface area contributed by atoms with E-state index in [9.17, 15) is 0 Å². The predicted molar refractivity (Wildman–Crippen MR) is 76.3 cm³/mol. The number of nitrogens with one attached hydrogen (secondary N) is 1. The molecular weight excluding hydrogens is 269 g/mol. The topological polar surface area (TPSA) is 21.3 Å². The average Bonchev–Trinajstić information content (AvgIpc) is 2.40. The molecule has 0 saturated carbocycles. The number of benzene rings is 1. The monoisotopic (exact) mass is 287 g/mol. The van der Waals surface area contributed by atoms with Crippen LogP contribution in [-0.4, -0.2) is 19.3 Å². The molecule has 0 aromatic heterocycles. The highest BCUT2D eigenvalue weighted by Gasteiger charge is 2.20. The summed E-state index contributed by atoms with van der Waals surface area (Å²) >= 11 is 12.1. The van der Waals surface area contributed by atoms with Crippen molar-refractivity contribution >= 4 is 23.2 Å². The van der Waals surface area contributed by atoms with Gasteiger partial charge in [0.15, 0.2) is 0 Å². The van der Waals surface area contributed by atoms with Crippen LogP contribution in [0.15, 0.2) is 18.2 Å². The molecule has 1 fully saturated rings. The van der Waals surface area contributed by atoms with E-state index in [-0.39, 0.29) is 0 Å². The first-order valence-electron chi connectivity index (χ1n) is 6.42. The Bertz CT molecular complexity index is 391. The van der Waals surface area contributed by atoms with E-state index in [1.165, 1.54) is 0 Å². The Morgan fingerprint density at radius 2 is 2.06 bits per heavy atom.